The summed E-state index contributed by atoms with van der Waals surface area (Å²) in [6, 6.07) is 7.18. The van der Waals surface area contributed by atoms with Gasteiger partial charge in [-0.1, -0.05) is 11.6 Å². The molecule has 1 atom stereocenters. The Bertz CT molecular complexity index is 550. The number of carbonyl (C=O) groups excluding carboxylic acids is 1. The fourth-order valence-electron chi connectivity index (χ4n) is 1.59. The van der Waals surface area contributed by atoms with E-state index in [1.54, 1.807) is 12.1 Å². The van der Waals surface area contributed by atoms with Crippen molar-refractivity contribution in [1.82, 2.24) is 10.3 Å². The van der Waals surface area contributed by atoms with Gasteiger partial charge in [0, 0.05) is 28.5 Å². The van der Waals surface area contributed by atoms with Gasteiger partial charge in [0.15, 0.2) is 0 Å². The summed E-state index contributed by atoms with van der Waals surface area (Å²) in [5.74, 6) is -0.157. The van der Waals surface area contributed by atoms with Crippen molar-refractivity contribution in [1.29, 1.82) is 0 Å². The number of nitrogens with two attached hydrogens (primary N) is 1. The van der Waals surface area contributed by atoms with E-state index in [-0.39, 0.29) is 11.9 Å². The number of H-pyrrole nitrogens is 1. The summed E-state index contributed by atoms with van der Waals surface area (Å²) in [6.45, 7) is 2.27. The van der Waals surface area contributed by atoms with E-state index >= 15 is 0 Å². The van der Waals surface area contributed by atoms with Crippen LogP contribution in [-0.2, 0) is 0 Å². The van der Waals surface area contributed by atoms with Gasteiger partial charge in [0.2, 0.25) is 0 Å². The Balaban J connectivity index is 2.27. The van der Waals surface area contributed by atoms with E-state index in [9.17, 15) is 4.79 Å². The molecule has 0 aliphatic rings. The number of amides is 1. The standard InChI is InChI=1S/C12H14ClN3O/c1-7(6-14)15-12(17)11-5-8-4-9(13)2-3-10(8)16-11/h2-5,7,16H,6,14H2,1H3,(H,15,17). The molecule has 4 nitrogen and oxygen atoms in total. The number of fused-ring (bicyclic) bond motifs is 1. The highest BCUT2D eigenvalue weighted by Gasteiger charge is 2.11. The molecular formula is C12H14ClN3O. The van der Waals surface area contributed by atoms with Crippen LogP contribution in [0.1, 0.15) is 17.4 Å². The molecule has 0 aliphatic heterocycles. The second-order valence-electron chi connectivity index (χ2n) is 4.02. The molecule has 90 valence electrons. The summed E-state index contributed by atoms with van der Waals surface area (Å²) >= 11 is 5.88. The first-order chi connectivity index (χ1) is 8.10. The molecule has 2 aromatic rings. The Morgan fingerprint density at radius 3 is 3.00 bits per heavy atom. The lowest BCUT2D eigenvalue weighted by Gasteiger charge is -2.09. The number of carbonyl (C=O) groups is 1. The molecule has 0 saturated heterocycles. The Morgan fingerprint density at radius 2 is 2.29 bits per heavy atom. The zero-order valence-electron chi connectivity index (χ0n) is 9.46. The van der Waals surface area contributed by atoms with Gasteiger partial charge in [-0.2, -0.15) is 0 Å². The molecule has 2 rings (SSSR count). The van der Waals surface area contributed by atoms with Gasteiger partial charge in [-0.05, 0) is 31.2 Å². The number of benzene rings is 1. The maximum Gasteiger partial charge on any atom is 0.267 e. The van der Waals surface area contributed by atoms with Gasteiger partial charge in [0.25, 0.3) is 5.91 Å². The topological polar surface area (TPSA) is 70.9 Å². The quantitative estimate of drug-likeness (QED) is 0.780. The summed E-state index contributed by atoms with van der Waals surface area (Å²) in [4.78, 5) is 14.9. The summed E-state index contributed by atoms with van der Waals surface area (Å²) < 4.78 is 0. The van der Waals surface area contributed by atoms with E-state index < -0.39 is 0 Å². The molecule has 1 heterocycles. The average molecular weight is 252 g/mol. The van der Waals surface area contributed by atoms with Gasteiger partial charge in [-0.25, -0.2) is 0 Å². The Kier molecular flexibility index (Phi) is 3.36. The van der Waals surface area contributed by atoms with Crippen LogP contribution in [0.15, 0.2) is 24.3 Å². The Morgan fingerprint density at radius 1 is 1.53 bits per heavy atom. The maximum atomic E-state index is 11.8. The lowest BCUT2D eigenvalue weighted by molar-refractivity contribution is 0.0937. The smallest absolute Gasteiger partial charge is 0.267 e. The zero-order chi connectivity index (χ0) is 12.4. The van der Waals surface area contributed by atoms with E-state index in [2.05, 4.69) is 10.3 Å². The first-order valence-electron chi connectivity index (χ1n) is 5.39. The van der Waals surface area contributed by atoms with E-state index in [0.717, 1.165) is 10.9 Å². The Labute approximate surface area is 104 Å². The highest BCUT2D eigenvalue weighted by atomic mass is 35.5. The third kappa shape index (κ3) is 2.60. The molecule has 5 heteroatoms. The molecule has 0 radical (unpaired) electrons. The molecule has 4 N–H and O–H groups in total. The predicted octanol–water partition coefficient (Wildman–Crippen LogP) is 1.90. The van der Waals surface area contributed by atoms with Crippen LogP contribution in [0.3, 0.4) is 0 Å². The van der Waals surface area contributed by atoms with Crippen molar-refractivity contribution in [2.24, 2.45) is 5.73 Å². The lowest BCUT2D eigenvalue weighted by atomic mass is 10.2. The molecule has 0 saturated carbocycles. The SMILES string of the molecule is CC(CN)NC(=O)c1cc2cc(Cl)ccc2[nH]1. The van der Waals surface area contributed by atoms with E-state index in [0.29, 0.717) is 17.3 Å². The Hall–Kier alpha value is -1.52. The first-order valence-corrected chi connectivity index (χ1v) is 5.77. The maximum absolute atomic E-state index is 11.8. The van der Waals surface area contributed by atoms with Crippen molar-refractivity contribution in [2.75, 3.05) is 6.54 Å². The van der Waals surface area contributed by atoms with Crippen LogP contribution in [-0.4, -0.2) is 23.5 Å². The molecular weight excluding hydrogens is 238 g/mol. The van der Waals surface area contributed by atoms with Crippen molar-refractivity contribution in [2.45, 2.75) is 13.0 Å². The van der Waals surface area contributed by atoms with Gasteiger partial charge in [-0.3, -0.25) is 4.79 Å². The van der Waals surface area contributed by atoms with E-state index in [1.807, 2.05) is 19.1 Å². The largest absolute Gasteiger partial charge is 0.351 e. The third-order valence-corrected chi connectivity index (χ3v) is 2.79. The summed E-state index contributed by atoms with van der Waals surface area (Å²) in [5.41, 5.74) is 6.86. The second-order valence-corrected chi connectivity index (χ2v) is 4.46. The molecule has 1 unspecified atom stereocenters. The molecule has 0 bridgehead atoms. The normalized spacial score (nSPS) is 12.6. The van der Waals surface area contributed by atoms with Crippen LogP contribution >= 0.6 is 11.6 Å². The average Bonchev–Trinajstić information content (AvgIpc) is 2.71. The predicted molar refractivity (Wildman–Crippen MR) is 69.3 cm³/mol. The molecule has 0 fully saturated rings. The minimum atomic E-state index is -0.157. The van der Waals surface area contributed by atoms with Gasteiger partial charge < -0.3 is 16.0 Å². The molecule has 1 aromatic carbocycles. The lowest BCUT2D eigenvalue weighted by Crippen LogP contribution is -2.37. The second kappa shape index (κ2) is 4.77. The van der Waals surface area contributed by atoms with E-state index in [4.69, 9.17) is 17.3 Å². The third-order valence-electron chi connectivity index (χ3n) is 2.56. The van der Waals surface area contributed by atoms with Crippen LogP contribution in [0.25, 0.3) is 10.9 Å². The van der Waals surface area contributed by atoms with Crippen LogP contribution in [0.5, 0.6) is 0 Å². The minimum Gasteiger partial charge on any atom is -0.351 e. The summed E-state index contributed by atoms with van der Waals surface area (Å²) in [7, 11) is 0. The molecule has 0 spiro atoms. The molecule has 17 heavy (non-hydrogen) atoms. The van der Waals surface area contributed by atoms with Crippen molar-refractivity contribution in [3.8, 4) is 0 Å². The number of nitrogens with one attached hydrogen (secondary N) is 2. The van der Waals surface area contributed by atoms with Crippen molar-refractivity contribution in [3.63, 3.8) is 0 Å². The van der Waals surface area contributed by atoms with Gasteiger partial charge in [0.05, 0.1) is 0 Å². The highest BCUT2D eigenvalue weighted by molar-refractivity contribution is 6.31. The number of halogens is 1. The number of hydrogen-bond donors (Lipinski definition) is 3. The molecule has 1 amide bonds. The number of rotatable bonds is 3. The fourth-order valence-corrected chi connectivity index (χ4v) is 1.77. The van der Waals surface area contributed by atoms with E-state index in [1.165, 1.54) is 0 Å². The monoisotopic (exact) mass is 251 g/mol. The first kappa shape index (κ1) is 12.0. The summed E-state index contributed by atoms with van der Waals surface area (Å²) in [5, 5.41) is 4.36. The fraction of sp³-hybridized carbons (Fsp3) is 0.250. The summed E-state index contributed by atoms with van der Waals surface area (Å²) in [6.07, 6.45) is 0. The highest BCUT2D eigenvalue weighted by Crippen LogP contribution is 2.19. The van der Waals surface area contributed by atoms with Crippen molar-refractivity contribution in [3.05, 3.63) is 35.0 Å². The molecule has 1 aromatic heterocycles. The van der Waals surface area contributed by atoms with Crippen LogP contribution < -0.4 is 11.1 Å². The van der Waals surface area contributed by atoms with Crippen LogP contribution in [0.2, 0.25) is 5.02 Å². The van der Waals surface area contributed by atoms with Crippen LogP contribution in [0, 0.1) is 0 Å². The molecule has 0 aliphatic carbocycles. The van der Waals surface area contributed by atoms with Gasteiger partial charge in [0.1, 0.15) is 5.69 Å². The number of aromatic amines is 1. The zero-order valence-corrected chi connectivity index (χ0v) is 10.2. The number of hydrogen-bond acceptors (Lipinski definition) is 2. The van der Waals surface area contributed by atoms with Gasteiger partial charge >= 0.3 is 0 Å². The minimum absolute atomic E-state index is 0.0440. The van der Waals surface area contributed by atoms with Crippen LogP contribution in [0.4, 0.5) is 0 Å². The number of aromatic nitrogens is 1. The van der Waals surface area contributed by atoms with Gasteiger partial charge in [-0.15, -0.1) is 0 Å². The van der Waals surface area contributed by atoms with Crippen molar-refractivity contribution < 1.29 is 4.79 Å². The van der Waals surface area contributed by atoms with Crippen molar-refractivity contribution >= 4 is 28.4 Å².